The van der Waals surface area contributed by atoms with E-state index in [1.807, 2.05) is 6.92 Å². The van der Waals surface area contributed by atoms with Gasteiger partial charge in [0.25, 0.3) is 0 Å². The van der Waals surface area contributed by atoms with Crippen molar-refractivity contribution >= 4 is 16.0 Å². The highest BCUT2D eigenvalue weighted by Crippen LogP contribution is 2.32. The molecule has 1 fully saturated rings. The number of aromatic carboxylic acids is 1. The second kappa shape index (κ2) is 5.36. The molecule has 1 saturated heterocycles. The average molecular weight is 317 g/mol. The lowest BCUT2D eigenvalue weighted by Crippen LogP contribution is -2.63. The van der Waals surface area contributed by atoms with Gasteiger partial charge < -0.3 is 10.2 Å². The second-order valence-corrected chi connectivity index (χ2v) is 7.10. The molecule has 1 heterocycles. The molecule has 0 aliphatic carbocycles. The van der Waals surface area contributed by atoms with Crippen LogP contribution in [0, 0.1) is 5.82 Å². The summed E-state index contributed by atoms with van der Waals surface area (Å²) in [4.78, 5) is 10.2. The molecule has 0 amide bonds. The lowest BCUT2D eigenvalue weighted by molar-refractivity contribution is -0.0654. The van der Waals surface area contributed by atoms with Gasteiger partial charge in [-0.1, -0.05) is 13.3 Å². The molecule has 6 nitrogen and oxygen atoms in total. The van der Waals surface area contributed by atoms with Gasteiger partial charge in [0.2, 0.25) is 10.0 Å². The Bertz CT molecular complexity index is 667. The second-order valence-electron chi connectivity index (χ2n) is 5.20. The summed E-state index contributed by atoms with van der Waals surface area (Å²) in [5, 5.41) is 18.9. The highest BCUT2D eigenvalue weighted by molar-refractivity contribution is 7.89. The van der Waals surface area contributed by atoms with Crippen molar-refractivity contribution < 1.29 is 27.8 Å². The summed E-state index contributed by atoms with van der Waals surface area (Å²) >= 11 is 0. The van der Waals surface area contributed by atoms with E-state index in [-0.39, 0.29) is 18.7 Å². The SMILES string of the molecule is CCCC1(O)CN(S(=O)(=O)c2cc(C(=O)O)ccc2F)C1. The van der Waals surface area contributed by atoms with Gasteiger partial charge in [-0.15, -0.1) is 0 Å². The van der Waals surface area contributed by atoms with Crippen molar-refractivity contribution in [2.24, 2.45) is 0 Å². The summed E-state index contributed by atoms with van der Waals surface area (Å²) in [5.41, 5.74) is -1.39. The number of benzene rings is 1. The molecule has 116 valence electrons. The molecule has 0 aromatic heterocycles. The Morgan fingerprint density at radius 2 is 2.05 bits per heavy atom. The van der Waals surface area contributed by atoms with Crippen LogP contribution in [0.1, 0.15) is 30.1 Å². The zero-order chi connectivity index (χ0) is 15.8. The number of carboxylic acids is 1. The number of carbonyl (C=O) groups is 1. The molecule has 0 atom stereocenters. The van der Waals surface area contributed by atoms with Crippen molar-refractivity contribution in [2.75, 3.05) is 13.1 Å². The number of hydrogen-bond acceptors (Lipinski definition) is 4. The third-order valence-corrected chi connectivity index (χ3v) is 5.26. The summed E-state index contributed by atoms with van der Waals surface area (Å²) in [7, 11) is -4.14. The minimum Gasteiger partial charge on any atom is -0.478 e. The largest absolute Gasteiger partial charge is 0.478 e. The Balaban J connectivity index is 2.30. The first-order valence-corrected chi connectivity index (χ1v) is 7.89. The summed E-state index contributed by atoms with van der Waals surface area (Å²) in [6.45, 7) is 1.64. The van der Waals surface area contributed by atoms with E-state index in [9.17, 15) is 22.7 Å². The fourth-order valence-electron chi connectivity index (χ4n) is 2.38. The van der Waals surface area contributed by atoms with Crippen molar-refractivity contribution in [1.82, 2.24) is 4.31 Å². The maximum Gasteiger partial charge on any atom is 0.335 e. The predicted molar refractivity (Wildman–Crippen MR) is 72.0 cm³/mol. The van der Waals surface area contributed by atoms with Gasteiger partial charge in [0.05, 0.1) is 11.2 Å². The van der Waals surface area contributed by atoms with Crippen LogP contribution in [0.4, 0.5) is 4.39 Å². The number of nitrogens with zero attached hydrogens (tertiary/aromatic N) is 1. The number of halogens is 1. The quantitative estimate of drug-likeness (QED) is 0.847. The fourth-order valence-corrected chi connectivity index (χ4v) is 4.07. The first kappa shape index (κ1) is 15.9. The molecule has 1 aromatic carbocycles. The first-order chi connectivity index (χ1) is 9.69. The van der Waals surface area contributed by atoms with E-state index in [1.165, 1.54) is 0 Å². The highest BCUT2D eigenvalue weighted by atomic mass is 32.2. The van der Waals surface area contributed by atoms with Crippen LogP contribution in [0.15, 0.2) is 23.1 Å². The van der Waals surface area contributed by atoms with E-state index < -0.39 is 32.3 Å². The summed E-state index contributed by atoms with van der Waals surface area (Å²) < 4.78 is 39.2. The number of sulfonamides is 1. The molecule has 1 aromatic rings. The Morgan fingerprint density at radius 3 is 2.57 bits per heavy atom. The summed E-state index contributed by atoms with van der Waals surface area (Å²) in [5.74, 6) is -2.34. The van der Waals surface area contributed by atoms with Gasteiger partial charge >= 0.3 is 5.97 Å². The number of hydrogen-bond donors (Lipinski definition) is 2. The van der Waals surface area contributed by atoms with Crippen LogP contribution in [0.5, 0.6) is 0 Å². The zero-order valence-corrected chi connectivity index (χ0v) is 12.2. The van der Waals surface area contributed by atoms with Crippen LogP contribution in [0.2, 0.25) is 0 Å². The maximum absolute atomic E-state index is 13.7. The molecule has 21 heavy (non-hydrogen) atoms. The van der Waals surface area contributed by atoms with Gasteiger partial charge in [0.1, 0.15) is 10.7 Å². The summed E-state index contributed by atoms with van der Waals surface area (Å²) in [6.07, 6.45) is 1.16. The molecule has 2 rings (SSSR count). The Morgan fingerprint density at radius 1 is 1.43 bits per heavy atom. The average Bonchev–Trinajstić information content (AvgIpc) is 2.36. The zero-order valence-electron chi connectivity index (χ0n) is 11.4. The predicted octanol–water partition coefficient (Wildman–Crippen LogP) is 1.06. The van der Waals surface area contributed by atoms with Crippen molar-refractivity contribution in [3.05, 3.63) is 29.6 Å². The smallest absolute Gasteiger partial charge is 0.335 e. The van der Waals surface area contributed by atoms with E-state index in [2.05, 4.69) is 0 Å². The molecule has 0 radical (unpaired) electrons. The molecule has 0 spiro atoms. The minimum atomic E-state index is -4.14. The van der Waals surface area contributed by atoms with Crippen LogP contribution < -0.4 is 0 Å². The molecular weight excluding hydrogens is 301 g/mol. The number of aliphatic hydroxyl groups is 1. The Labute approximate surface area is 121 Å². The van der Waals surface area contributed by atoms with Gasteiger partial charge in [-0.25, -0.2) is 17.6 Å². The topological polar surface area (TPSA) is 94.9 Å². The van der Waals surface area contributed by atoms with Gasteiger partial charge in [0.15, 0.2) is 0 Å². The summed E-state index contributed by atoms with van der Waals surface area (Å²) in [6, 6.07) is 2.61. The third-order valence-electron chi connectivity index (χ3n) is 3.45. The van der Waals surface area contributed by atoms with Gasteiger partial charge in [-0.05, 0) is 24.6 Å². The van der Waals surface area contributed by atoms with Crippen LogP contribution in [-0.4, -0.2) is 47.6 Å². The normalized spacial score (nSPS) is 18.2. The van der Waals surface area contributed by atoms with Gasteiger partial charge in [0, 0.05) is 13.1 Å². The molecular formula is C13H16FNO5S. The van der Waals surface area contributed by atoms with Crippen molar-refractivity contribution in [2.45, 2.75) is 30.3 Å². The van der Waals surface area contributed by atoms with Crippen LogP contribution in [0.25, 0.3) is 0 Å². The lowest BCUT2D eigenvalue weighted by atomic mass is 9.92. The molecule has 1 aliphatic rings. The van der Waals surface area contributed by atoms with E-state index in [4.69, 9.17) is 5.11 Å². The van der Waals surface area contributed by atoms with Gasteiger partial charge in [-0.3, -0.25) is 0 Å². The lowest BCUT2D eigenvalue weighted by Gasteiger charge is -2.45. The highest BCUT2D eigenvalue weighted by Gasteiger charge is 2.47. The maximum atomic E-state index is 13.7. The Kier molecular flexibility index (Phi) is 4.05. The van der Waals surface area contributed by atoms with Crippen LogP contribution in [0.3, 0.4) is 0 Å². The Hall–Kier alpha value is -1.51. The molecule has 2 N–H and O–H groups in total. The molecule has 8 heteroatoms. The van der Waals surface area contributed by atoms with E-state index in [0.717, 1.165) is 22.5 Å². The van der Waals surface area contributed by atoms with Crippen LogP contribution >= 0.6 is 0 Å². The molecule has 0 bridgehead atoms. The molecule has 0 unspecified atom stereocenters. The first-order valence-electron chi connectivity index (χ1n) is 6.45. The number of rotatable bonds is 5. The van der Waals surface area contributed by atoms with Crippen molar-refractivity contribution in [3.8, 4) is 0 Å². The molecule has 0 saturated carbocycles. The monoisotopic (exact) mass is 317 g/mol. The van der Waals surface area contributed by atoms with E-state index in [1.54, 1.807) is 0 Å². The van der Waals surface area contributed by atoms with E-state index in [0.29, 0.717) is 12.8 Å². The fraction of sp³-hybridized carbons (Fsp3) is 0.462. The minimum absolute atomic E-state index is 0.111. The van der Waals surface area contributed by atoms with Crippen LogP contribution in [-0.2, 0) is 10.0 Å². The third kappa shape index (κ3) is 2.92. The number of carboxylic acid groups (broad SMARTS) is 1. The van der Waals surface area contributed by atoms with Crippen molar-refractivity contribution in [3.63, 3.8) is 0 Å². The van der Waals surface area contributed by atoms with Gasteiger partial charge in [-0.2, -0.15) is 4.31 Å². The van der Waals surface area contributed by atoms with Crippen molar-refractivity contribution in [1.29, 1.82) is 0 Å². The van der Waals surface area contributed by atoms with E-state index >= 15 is 0 Å². The molecule has 1 aliphatic heterocycles. The standard InChI is InChI=1S/C13H16FNO5S/c1-2-5-13(18)7-15(8-13)21(19,20)11-6-9(12(16)17)3-4-10(11)14/h3-4,6,18H,2,5,7-8H2,1H3,(H,16,17). The number of β-amino-alcohol motifs (C(OH)–C–C–N with tert-alkyl or cyclic N) is 1.